The van der Waals surface area contributed by atoms with E-state index in [0.717, 1.165) is 24.3 Å². The Hall–Kier alpha value is -3.07. The monoisotopic (exact) mass is 425 g/mol. The van der Waals surface area contributed by atoms with Crippen LogP contribution in [0.3, 0.4) is 0 Å². The maximum atomic E-state index is 12.6. The van der Waals surface area contributed by atoms with Gasteiger partial charge in [0.1, 0.15) is 6.61 Å². The number of carboxylic acid groups (broad SMARTS) is 1. The molecule has 0 saturated carbocycles. The van der Waals surface area contributed by atoms with Gasteiger partial charge in [-0.25, -0.2) is 9.59 Å². The summed E-state index contributed by atoms with van der Waals surface area (Å²) in [5.74, 6) is -1.07. The van der Waals surface area contributed by atoms with E-state index in [1.54, 1.807) is 38.1 Å². The van der Waals surface area contributed by atoms with E-state index in [-0.39, 0.29) is 24.8 Å². The van der Waals surface area contributed by atoms with Gasteiger partial charge in [-0.05, 0) is 49.2 Å². The molecule has 0 aromatic heterocycles. The van der Waals surface area contributed by atoms with E-state index in [0.29, 0.717) is 11.1 Å². The van der Waals surface area contributed by atoms with Gasteiger partial charge in [0.15, 0.2) is 6.10 Å². The summed E-state index contributed by atoms with van der Waals surface area (Å²) < 4.78 is 48.1. The first-order valence-corrected chi connectivity index (χ1v) is 9.11. The van der Waals surface area contributed by atoms with Gasteiger partial charge in [-0.2, -0.15) is 13.2 Å². The van der Waals surface area contributed by atoms with Crippen LogP contribution in [-0.4, -0.2) is 29.4 Å². The molecule has 0 saturated heterocycles. The normalized spacial score (nSPS) is 12.5. The number of benzene rings is 2. The van der Waals surface area contributed by atoms with Gasteiger partial charge in [-0.1, -0.05) is 24.3 Å². The maximum Gasteiger partial charge on any atom is 0.416 e. The number of carbonyl (C=O) groups is 2. The largest absolute Gasteiger partial charge is 0.479 e. The summed E-state index contributed by atoms with van der Waals surface area (Å²) in [6.07, 6.45) is -6.37. The Bertz CT molecular complexity index is 866. The predicted molar refractivity (Wildman–Crippen MR) is 103 cm³/mol. The van der Waals surface area contributed by atoms with Crippen LogP contribution in [0.15, 0.2) is 48.5 Å². The van der Waals surface area contributed by atoms with Crippen molar-refractivity contribution in [2.24, 2.45) is 0 Å². The molecule has 9 heteroatoms. The van der Waals surface area contributed by atoms with Crippen molar-refractivity contribution in [3.63, 3.8) is 0 Å². The molecule has 0 heterocycles. The molecule has 30 heavy (non-hydrogen) atoms. The van der Waals surface area contributed by atoms with Crippen LogP contribution in [0.25, 0.3) is 0 Å². The molecule has 1 unspecified atom stereocenters. The Morgan fingerprint density at radius 3 is 2.27 bits per heavy atom. The SMILES string of the molecule is CC(C)OC(Cc1cccc(COC(=O)Nc2ccc(C(F)(F)F)cc2)c1)C(=O)O. The summed E-state index contributed by atoms with van der Waals surface area (Å²) in [6.45, 7) is 3.40. The smallest absolute Gasteiger partial charge is 0.416 e. The zero-order valence-electron chi connectivity index (χ0n) is 16.4. The molecule has 2 N–H and O–H groups in total. The lowest BCUT2D eigenvalue weighted by Gasteiger charge is -2.17. The molecule has 0 aliphatic rings. The molecular formula is C21H22F3NO5. The molecule has 0 bridgehead atoms. The number of carboxylic acids is 1. The number of carbonyl (C=O) groups excluding carboxylic acids is 1. The van der Waals surface area contributed by atoms with Gasteiger partial charge in [0.25, 0.3) is 0 Å². The first-order valence-electron chi connectivity index (χ1n) is 9.11. The number of anilines is 1. The van der Waals surface area contributed by atoms with Gasteiger partial charge in [0.05, 0.1) is 11.7 Å². The van der Waals surface area contributed by atoms with Crippen LogP contribution in [0.4, 0.5) is 23.7 Å². The fraction of sp³-hybridized carbons (Fsp3) is 0.333. The fourth-order valence-electron chi connectivity index (χ4n) is 2.63. The maximum absolute atomic E-state index is 12.6. The van der Waals surface area contributed by atoms with E-state index >= 15 is 0 Å². The van der Waals surface area contributed by atoms with Crippen LogP contribution in [0.2, 0.25) is 0 Å². The summed E-state index contributed by atoms with van der Waals surface area (Å²) >= 11 is 0. The molecule has 2 aromatic carbocycles. The summed E-state index contributed by atoms with van der Waals surface area (Å²) in [7, 11) is 0. The number of rotatable bonds is 8. The molecule has 0 aliphatic heterocycles. The second kappa shape index (κ2) is 10.1. The van der Waals surface area contributed by atoms with Crippen LogP contribution in [0.1, 0.15) is 30.5 Å². The highest BCUT2D eigenvalue weighted by Gasteiger charge is 2.30. The third-order valence-electron chi connectivity index (χ3n) is 3.95. The molecule has 2 aromatic rings. The van der Waals surface area contributed by atoms with Crippen LogP contribution in [0, 0.1) is 0 Å². The lowest BCUT2D eigenvalue weighted by atomic mass is 10.0. The van der Waals surface area contributed by atoms with Crippen LogP contribution in [-0.2, 0) is 33.5 Å². The lowest BCUT2D eigenvalue weighted by Crippen LogP contribution is -2.29. The summed E-state index contributed by atoms with van der Waals surface area (Å²) in [4.78, 5) is 23.2. The Labute approximate surface area is 171 Å². The van der Waals surface area contributed by atoms with Crippen molar-refractivity contribution in [3.8, 4) is 0 Å². The molecule has 162 valence electrons. The van der Waals surface area contributed by atoms with E-state index in [1.165, 1.54) is 0 Å². The number of amides is 1. The van der Waals surface area contributed by atoms with Crippen molar-refractivity contribution >= 4 is 17.7 Å². The van der Waals surface area contributed by atoms with Gasteiger partial charge in [0.2, 0.25) is 0 Å². The van der Waals surface area contributed by atoms with Crippen molar-refractivity contribution in [2.75, 3.05) is 5.32 Å². The van der Waals surface area contributed by atoms with Gasteiger partial charge >= 0.3 is 18.2 Å². The van der Waals surface area contributed by atoms with Gasteiger partial charge in [0, 0.05) is 12.1 Å². The summed E-state index contributed by atoms with van der Waals surface area (Å²) in [6, 6.07) is 10.8. The summed E-state index contributed by atoms with van der Waals surface area (Å²) in [5, 5.41) is 11.6. The Morgan fingerprint density at radius 1 is 1.07 bits per heavy atom. The average molecular weight is 425 g/mol. The number of hydrogen-bond donors (Lipinski definition) is 2. The second-order valence-corrected chi connectivity index (χ2v) is 6.81. The molecule has 6 nitrogen and oxygen atoms in total. The van der Waals surface area contributed by atoms with Gasteiger partial charge in [-0.15, -0.1) is 0 Å². The summed E-state index contributed by atoms with van der Waals surface area (Å²) in [5.41, 5.74) is 0.673. The molecule has 0 spiro atoms. The number of alkyl halides is 3. The van der Waals surface area contributed by atoms with Crippen LogP contribution < -0.4 is 5.32 Å². The molecule has 2 rings (SSSR count). The van der Waals surface area contributed by atoms with Gasteiger partial charge < -0.3 is 14.6 Å². The lowest BCUT2D eigenvalue weighted by molar-refractivity contribution is -0.153. The highest BCUT2D eigenvalue weighted by atomic mass is 19.4. The average Bonchev–Trinajstić information content (AvgIpc) is 2.65. The Morgan fingerprint density at radius 2 is 1.70 bits per heavy atom. The quantitative estimate of drug-likeness (QED) is 0.630. The minimum Gasteiger partial charge on any atom is -0.479 e. The topological polar surface area (TPSA) is 84.9 Å². The van der Waals surface area contributed by atoms with Crippen molar-refractivity contribution in [3.05, 3.63) is 65.2 Å². The molecule has 1 amide bonds. The van der Waals surface area contributed by atoms with E-state index in [2.05, 4.69) is 5.32 Å². The second-order valence-electron chi connectivity index (χ2n) is 6.81. The minimum absolute atomic E-state index is 0.0942. The predicted octanol–water partition coefficient (Wildman–Crippen LogP) is 4.87. The van der Waals surface area contributed by atoms with Crippen molar-refractivity contribution < 1.29 is 37.3 Å². The molecular weight excluding hydrogens is 403 g/mol. The van der Waals surface area contributed by atoms with Crippen LogP contribution in [0.5, 0.6) is 0 Å². The Balaban J connectivity index is 1.92. The molecule has 0 radical (unpaired) electrons. The first-order chi connectivity index (χ1) is 14.0. The van der Waals surface area contributed by atoms with Crippen LogP contribution >= 0.6 is 0 Å². The van der Waals surface area contributed by atoms with E-state index in [9.17, 15) is 27.9 Å². The van der Waals surface area contributed by atoms with E-state index < -0.39 is 29.9 Å². The number of ether oxygens (including phenoxy) is 2. The number of nitrogens with one attached hydrogen (secondary N) is 1. The number of hydrogen-bond acceptors (Lipinski definition) is 4. The standard InChI is InChI=1S/C21H22F3NO5/c1-13(2)30-18(19(26)27)11-14-4-3-5-15(10-14)12-29-20(28)25-17-8-6-16(7-9-17)21(22,23)24/h3-10,13,18H,11-12H2,1-2H3,(H,25,28)(H,26,27). The zero-order chi connectivity index (χ0) is 22.3. The Kier molecular flexibility index (Phi) is 7.82. The first kappa shape index (κ1) is 23.2. The molecule has 0 aliphatic carbocycles. The number of halogens is 3. The van der Waals surface area contributed by atoms with E-state index in [1.807, 2.05) is 0 Å². The van der Waals surface area contributed by atoms with E-state index in [4.69, 9.17) is 9.47 Å². The molecule has 1 atom stereocenters. The minimum atomic E-state index is -4.45. The highest BCUT2D eigenvalue weighted by Crippen LogP contribution is 2.29. The third-order valence-corrected chi connectivity index (χ3v) is 3.95. The zero-order valence-corrected chi connectivity index (χ0v) is 16.4. The van der Waals surface area contributed by atoms with Gasteiger partial charge in [-0.3, -0.25) is 5.32 Å². The van der Waals surface area contributed by atoms with Crippen molar-refractivity contribution in [2.45, 2.75) is 45.3 Å². The molecule has 0 fully saturated rings. The number of aliphatic carboxylic acids is 1. The third kappa shape index (κ3) is 7.40. The fourth-order valence-corrected chi connectivity index (χ4v) is 2.63. The van der Waals surface area contributed by atoms with Crippen molar-refractivity contribution in [1.29, 1.82) is 0 Å². The van der Waals surface area contributed by atoms with Crippen molar-refractivity contribution in [1.82, 2.24) is 0 Å². The highest BCUT2D eigenvalue weighted by molar-refractivity contribution is 5.84.